The molecule has 0 aromatic heterocycles. The van der Waals surface area contributed by atoms with Crippen molar-refractivity contribution in [2.75, 3.05) is 7.11 Å². The first kappa shape index (κ1) is 17.7. The van der Waals surface area contributed by atoms with Crippen LogP contribution in [-0.2, 0) is 4.74 Å². The maximum atomic E-state index is 9.97. The summed E-state index contributed by atoms with van der Waals surface area (Å²) in [6.45, 7) is 7.94. The number of methoxy groups -OCH3 is 1. The third-order valence-electron chi connectivity index (χ3n) is 3.32. The van der Waals surface area contributed by atoms with E-state index in [2.05, 4.69) is 24.5 Å². The molecule has 4 nitrogen and oxygen atoms in total. The highest BCUT2D eigenvalue weighted by atomic mass is 16.5. The van der Waals surface area contributed by atoms with Crippen LogP contribution in [0.3, 0.4) is 0 Å². The van der Waals surface area contributed by atoms with E-state index < -0.39 is 24.4 Å². The van der Waals surface area contributed by atoms with Crippen LogP contribution in [0, 0.1) is 11.8 Å². The summed E-state index contributed by atoms with van der Waals surface area (Å²) < 4.78 is 4.96. The van der Waals surface area contributed by atoms with Gasteiger partial charge in [0.1, 0.15) is 24.4 Å². The minimum absolute atomic E-state index is 0.298. The molecule has 0 saturated heterocycles. The maximum absolute atomic E-state index is 9.97. The quantitative estimate of drug-likeness (QED) is 0.540. The summed E-state index contributed by atoms with van der Waals surface area (Å²) >= 11 is 0. The SMILES string of the molecule is C=C(C#CC1=C[C@@H](O)[C@@H](OC)[C@H](O)[C@@H]1O)CCC=C(C)C. The molecule has 4 heteroatoms. The van der Waals surface area contributed by atoms with E-state index in [1.54, 1.807) is 0 Å². The lowest BCUT2D eigenvalue weighted by molar-refractivity contribution is -0.108. The second-order valence-corrected chi connectivity index (χ2v) is 5.42. The smallest absolute Gasteiger partial charge is 0.115 e. The van der Waals surface area contributed by atoms with Gasteiger partial charge < -0.3 is 20.1 Å². The fraction of sp³-hybridized carbons (Fsp3) is 0.529. The Bertz CT molecular complexity index is 489. The highest BCUT2D eigenvalue weighted by Crippen LogP contribution is 2.22. The summed E-state index contributed by atoms with van der Waals surface area (Å²) in [5.74, 6) is 5.65. The Morgan fingerprint density at radius 3 is 2.62 bits per heavy atom. The van der Waals surface area contributed by atoms with E-state index in [0.29, 0.717) is 5.57 Å². The van der Waals surface area contributed by atoms with Crippen molar-refractivity contribution < 1.29 is 20.1 Å². The molecule has 0 heterocycles. The van der Waals surface area contributed by atoms with Gasteiger partial charge >= 0.3 is 0 Å². The maximum Gasteiger partial charge on any atom is 0.115 e. The molecule has 1 aliphatic carbocycles. The van der Waals surface area contributed by atoms with Crippen LogP contribution in [0.1, 0.15) is 26.7 Å². The van der Waals surface area contributed by atoms with Crippen LogP contribution in [-0.4, -0.2) is 46.8 Å². The lowest BCUT2D eigenvalue weighted by Gasteiger charge is -2.32. The first-order valence-corrected chi connectivity index (χ1v) is 6.98. The predicted octanol–water partition coefficient (Wildman–Crippen LogP) is 1.33. The number of aliphatic hydroxyl groups is 3. The second-order valence-electron chi connectivity index (χ2n) is 5.42. The van der Waals surface area contributed by atoms with Gasteiger partial charge in [-0.05, 0) is 38.3 Å². The van der Waals surface area contributed by atoms with Gasteiger partial charge in [-0.1, -0.05) is 30.1 Å². The van der Waals surface area contributed by atoms with E-state index in [9.17, 15) is 15.3 Å². The Kier molecular flexibility index (Phi) is 6.86. The predicted molar refractivity (Wildman–Crippen MR) is 82.5 cm³/mol. The lowest BCUT2D eigenvalue weighted by atomic mass is 9.89. The van der Waals surface area contributed by atoms with Crippen molar-refractivity contribution in [2.24, 2.45) is 0 Å². The van der Waals surface area contributed by atoms with Crippen molar-refractivity contribution in [3.05, 3.63) is 35.5 Å². The largest absolute Gasteiger partial charge is 0.387 e. The molecule has 0 saturated carbocycles. The van der Waals surface area contributed by atoms with Gasteiger partial charge in [0.25, 0.3) is 0 Å². The molecular formula is C17H24O4. The number of rotatable bonds is 4. The molecule has 0 unspecified atom stereocenters. The third kappa shape index (κ3) is 5.14. The van der Waals surface area contributed by atoms with Crippen LogP contribution in [0.15, 0.2) is 35.5 Å². The molecule has 0 aliphatic heterocycles. The lowest BCUT2D eigenvalue weighted by Crippen LogP contribution is -2.49. The number of hydrogen-bond donors (Lipinski definition) is 3. The van der Waals surface area contributed by atoms with Crippen molar-refractivity contribution in [1.29, 1.82) is 0 Å². The van der Waals surface area contributed by atoms with E-state index in [0.717, 1.165) is 18.4 Å². The van der Waals surface area contributed by atoms with Crippen LogP contribution >= 0.6 is 0 Å². The molecule has 3 N–H and O–H groups in total. The normalized spacial score (nSPS) is 28.2. The van der Waals surface area contributed by atoms with Crippen LogP contribution < -0.4 is 0 Å². The molecule has 21 heavy (non-hydrogen) atoms. The monoisotopic (exact) mass is 292 g/mol. The molecule has 0 amide bonds. The van der Waals surface area contributed by atoms with Gasteiger partial charge in [-0.15, -0.1) is 0 Å². The summed E-state index contributed by atoms with van der Waals surface area (Å²) in [6.07, 6.45) is 0.958. The van der Waals surface area contributed by atoms with Crippen LogP contribution in [0.4, 0.5) is 0 Å². The molecule has 1 rings (SSSR count). The molecule has 0 fully saturated rings. The van der Waals surface area contributed by atoms with Gasteiger partial charge in [-0.2, -0.15) is 0 Å². The Morgan fingerprint density at radius 1 is 1.38 bits per heavy atom. The number of hydrogen-bond acceptors (Lipinski definition) is 4. The zero-order chi connectivity index (χ0) is 16.0. The Balaban J connectivity index is 2.72. The van der Waals surface area contributed by atoms with E-state index in [1.807, 2.05) is 13.8 Å². The van der Waals surface area contributed by atoms with Gasteiger partial charge in [0.15, 0.2) is 0 Å². The first-order chi connectivity index (χ1) is 9.86. The number of allylic oxidation sites excluding steroid dienone is 3. The summed E-state index contributed by atoms with van der Waals surface area (Å²) in [6, 6.07) is 0. The Morgan fingerprint density at radius 2 is 2.05 bits per heavy atom. The van der Waals surface area contributed by atoms with Crippen molar-refractivity contribution in [1.82, 2.24) is 0 Å². The summed E-state index contributed by atoms with van der Waals surface area (Å²) in [5, 5.41) is 29.7. The zero-order valence-electron chi connectivity index (χ0n) is 12.8. The van der Waals surface area contributed by atoms with Crippen LogP contribution in [0.25, 0.3) is 0 Å². The molecular weight excluding hydrogens is 268 g/mol. The first-order valence-electron chi connectivity index (χ1n) is 6.98. The molecule has 0 radical (unpaired) electrons. The van der Waals surface area contributed by atoms with Crippen LogP contribution in [0.5, 0.6) is 0 Å². The van der Waals surface area contributed by atoms with Crippen molar-refractivity contribution >= 4 is 0 Å². The fourth-order valence-electron chi connectivity index (χ4n) is 2.10. The third-order valence-corrected chi connectivity index (χ3v) is 3.32. The molecule has 0 bridgehead atoms. The molecule has 0 aromatic rings. The van der Waals surface area contributed by atoms with E-state index in [4.69, 9.17) is 4.74 Å². The van der Waals surface area contributed by atoms with Gasteiger partial charge in [0, 0.05) is 12.7 Å². The van der Waals surface area contributed by atoms with Gasteiger partial charge in [-0.3, -0.25) is 0 Å². The molecule has 0 aromatic carbocycles. The average Bonchev–Trinajstić information content (AvgIpc) is 2.41. The topological polar surface area (TPSA) is 69.9 Å². The molecule has 0 spiro atoms. The summed E-state index contributed by atoms with van der Waals surface area (Å²) in [7, 11) is 1.37. The highest BCUT2D eigenvalue weighted by Gasteiger charge is 2.37. The molecule has 1 aliphatic rings. The minimum Gasteiger partial charge on any atom is -0.387 e. The van der Waals surface area contributed by atoms with E-state index >= 15 is 0 Å². The van der Waals surface area contributed by atoms with E-state index in [1.165, 1.54) is 18.8 Å². The second kappa shape index (κ2) is 8.16. The Labute approximate surface area is 126 Å². The van der Waals surface area contributed by atoms with Gasteiger partial charge in [-0.25, -0.2) is 0 Å². The van der Waals surface area contributed by atoms with Crippen molar-refractivity contribution in [2.45, 2.75) is 51.1 Å². The van der Waals surface area contributed by atoms with Crippen LogP contribution in [0.2, 0.25) is 0 Å². The summed E-state index contributed by atoms with van der Waals surface area (Å²) in [4.78, 5) is 0. The highest BCUT2D eigenvalue weighted by molar-refractivity contribution is 5.41. The van der Waals surface area contributed by atoms with Gasteiger partial charge in [0.2, 0.25) is 0 Å². The molecule has 116 valence electrons. The van der Waals surface area contributed by atoms with Gasteiger partial charge in [0.05, 0.1) is 0 Å². The standard InChI is InChI=1S/C17H24O4/c1-11(2)6-5-7-12(3)8-9-13-10-14(18)17(21-4)16(20)15(13)19/h6,10,14-20H,3,5,7H2,1-2,4H3/t14-,15-,16-,17-/m1/s1. The fourth-order valence-corrected chi connectivity index (χ4v) is 2.10. The average molecular weight is 292 g/mol. The number of aliphatic hydroxyl groups excluding tert-OH is 3. The zero-order valence-corrected chi connectivity index (χ0v) is 12.8. The Hall–Kier alpha value is -1.38. The minimum atomic E-state index is -1.20. The van der Waals surface area contributed by atoms with E-state index in [-0.39, 0.29) is 0 Å². The van der Waals surface area contributed by atoms with Crippen molar-refractivity contribution in [3.8, 4) is 11.8 Å². The molecule has 4 atom stereocenters. The van der Waals surface area contributed by atoms with Crippen molar-refractivity contribution in [3.63, 3.8) is 0 Å². The summed E-state index contributed by atoms with van der Waals surface area (Å²) in [5.41, 5.74) is 2.29. The number of ether oxygens (including phenoxy) is 1.